The van der Waals surface area contributed by atoms with Crippen molar-refractivity contribution in [2.45, 2.75) is 97.9 Å². The molecule has 0 aromatic heterocycles. The van der Waals surface area contributed by atoms with Crippen LogP contribution >= 0.6 is 0 Å². The van der Waals surface area contributed by atoms with Gasteiger partial charge in [-0.25, -0.2) is 0 Å². The molecule has 2 N–H and O–H groups in total. The second-order valence-electron chi connectivity index (χ2n) is 12.2. The lowest BCUT2D eigenvalue weighted by Gasteiger charge is -2.56. The van der Waals surface area contributed by atoms with Crippen molar-refractivity contribution in [3.63, 3.8) is 0 Å². The van der Waals surface area contributed by atoms with Crippen molar-refractivity contribution >= 4 is 5.78 Å². The van der Waals surface area contributed by atoms with Crippen molar-refractivity contribution in [3.05, 3.63) is 23.8 Å². The van der Waals surface area contributed by atoms with Crippen LogP contribution in [0.1, 0.15) is 92.4 Å². The average molecular weight is 398 g/mol. The number of allylic oxidation sites excluding steroid dienone is 4. The highest BCUT2D eigenvalue weighted by Crippen LogP contribution is 2.66. The maximum atomic E-state index is 13.3. The minimum atomic E-state index is -0.0532. The smallest absolute Gasteiger partial charge is 0.159 e. The molecule has 4 rings (SSSR count). The molecule has 0 bridgehead atoms. The quantitative estimate of drug-likeness (QED) is 0.579. The van der Waals surface area contributed by atoms with E-state index in [0.717, 1.165) is 18.3 Å². The Morgan fingerprint density at radius 3 is 2.66 bits per heavy atom. The number of rotatable bonds is 5. The van der Waals surface area contributed by atoms with Crippen molar-refractivity contribution in [3.8, 4) is 0 Å². The van der Waals surface area contributed by atoms with Gasteiger partial charge in [-0.1, -0.05) is 45.8 Å². The summed E-state index contributed by atoms with van der Waals surface area (Å²) in [5.74, 6) is 3.38. The first-order chi connectivity index (χ1) is 13.6. The molecule has 2 nitrogen and oxygen atoms in total. The summed E-state index contributed by atoms with van der Waals surface area (Å²) in [7, 11) is 0. The van der Waals surface area contributed by atoms with Gasteiger partial charge in [-0.15, -0.1) is 0 Å². The lowest BCUT2D eigenvalue weighted by Crippen LogP contribution is -2.52. The van der Waals surface area contributed by atoms with Crippen LogP contribution in [0.3, 0.4) is 0 Å². The summed E-state index contributed by atoms with van der Waals surface area (Å²) >= 11 is 0. The highest BCUT2D eigenvalue weighted by atomic mass is 16.1. The van der Waals surface area contributed by atoms with Gasteiger partial charge in [-0.3, -0.25) is 4.79 Å². The normalized spacial score (nSPS) is 42.7. The summed E-state index contributed by atoms with van der Waals surface area (Å²) in [5, 5.41) is 0. The van der Waals surface area contributed by atoms with Crippen LogP contribution in [0.4, 0.5) is 0 Å². The highest BCUT2D eigenvalue weighted by Gasteiger charge is 2.60. The average Bonchev–Trinajstić information content (AvgIpc) is 2.98. The Balaban J connectivity index is 1.53. The second kappa shape index (κ2) is 7.36. The van der Waals surface area contributed by atoms with Gasteiger partial charge in [-0.05, 0) is 105 Å². The summed E-state index contributed by atoms with van der Waals surface area (Å²) in [5.41, 5.74) is 8.06. The van der Waals surface area contributed by atoms with Crippen molar-refractivity contribution in [2.24, 2.45) is 46.2 Å². The highest BCUT2D eigenvalue weighted by molar-refractivity contribution is 5.95. The lowest BCUT2D eigenvalue weighted by molar-refractivity contribution is -0.133. The third-order valence-corrected chi connectivity index (χ3v) is 9.74. The molecule has 0 heterocycles. The first kappa shape index (κ1) is 21.3. The second-order valence-corrected chi connectivity index (χ2v) is 12.2. The van der Waals surface area contributed by atoms with Crippen LogP contribution in [0, 0.1) is 40.4 Å². The van der Waals surface area contributed by atoms with Gasteiger partial charge in [0.15, 0.2) is 5.78 Å². The summed E-state index contributed by atoms with van der Waals surface area (Å²) in [6.45, 7) is 11.8. The minimum Gasteiger partial charge on any atom is -0.326 e. The van der Waals surface area contributed by atoms with E-state index in [1.54, 1.807) is 0 Å². The van der Waals surface area contributed by atoms with Crippen LogP contribution in [0.2, 0.25) is 0 Å². The van der Waals surface area contributed by atoms with E-state index in [4.69, 9.17) is 5.73 Å². The zero-order valence-electron chi connectivity index (χ0n) is 19.5. The topological polar surface area (TPSA) is 43.1 Å². The molecular formula is C27H43NO. The van der Waals surface area contributed by atoms with Gasteiger partial charge in [0.1, 0.15) is 0 Å². The molecule has 0 aromatic rings. The van der Waals surface area contributed by atoms with Gasteiger partial charge in [-0.2, -0.15) is 0 Å². The number of nitrogens with two attached hydrogens (primary N) is 1. The van der Waals surface area contributed by atoms with Crippen LogP contribution in [-0.4, -0.2) is 11.3 Å². The van der Waals surface area contributed by atoms with Crippen molar-refractivity contribution in [1.29, 1.82) is 0 Å². The Hall–Kier alpha value is -0.890. The van der Waals surface area contributed by atoms with E-state index in [-0.39, 0.29) is 16.9 Å². The molecule has 2 saturated carbocycles. The minimum absolute atomic E-state index is 0.0532. The number of ketones is 1. The molecule has 0 aromatic carbocycles. The molecule has 4 aliphatic carbocycles. The first-order valence-corrected chi connectivity index (χ1v) is 12.3. The van der Waals surface area contributed by atoms with Crippen molar-refractivity contribution < 1.29 is 4.79 Å². The fraction of sp³-hybridized carbons (Fsp3) is 0.815. The molecule has 0 radical (unpaired) electrons. The molecule has 2 heteroatoms. The maximum absolute atomic E-state index is 13.3. The van der Waals surface area contributed by atoms with Crippen LogP contribution in [-0.2, 0) is 4.79 Å². The van der Waals surface area contributed by atoms with E-state index in [2.05, 4.69) is 46.8 Å². The number of fused-ring (bicyclic) bond motifs is 5. The SMILES string of the molecule is C[C@H](CCCC(C)(C)N)[C@H]1CC[C@H]2[C@@H]3C(=O)C=C4C=CCC[C@]4(C)[C@H]3CC[C@]12C. The zero-order chi connectivity index (χ0) is 21.0. The van der Waals surface area contributed by atoms with E-state index in [9.17, 15) is 4.79 Å². The third kappa shape index (κ3) is 3.58. The molecule has 2 fully saturated rings. The van der Waals surface area contributed by atoms with Gasteiger partial charge >= 0.3 is 0 Å². The monoisotopic (exact) mass is 397 g/mol. The lowest BCUT2D eigenvalue weighted by atomic mass is 9.47. The first-order valence-electron chi connectivity index (χ1n) is 12.3. The Morgan fingerprint density at radius 1 is 1.17 bits per heavy atom. The van der Waals surface area contributed by atoms with Crippen molar-refractivity contribution in [2.75, 3.05) is 0 Å². The molecule has 0 aliphatic heterocycles. The third-order valence-electron chi connectivity index (χ3n) is 9.74. The molecule has 4 aliphatic rings. The van der Waals surface area contributed by atoms with E-state index >= 15 is 0 Å². The van der Waals surface area contributed by atoms with Gasteiger partial charge < -0.3 is 5.73 Å². The molecule has 0 unspecified atom stereocenters. The Bertz CT molecular complexity index is 713. The number of carbonyl (C=O) groups is 1. The fourth-order valence-corrected chi connectivity index (χ4v) is 8.10. The van der Waals surface area contributed by atoms with Gasteiger partial charge in [0.2, 0.25) is 0 Å². The van der Waals surface area contributed by atoms with E-state index in [1.165, 1.54) is 56.9 Å². The van der Waals surface area contributed by atoms with Crippen LogP contribution < -0.4 is 5.73 Å². The van der Waals surface area contributed by atoms with Crippen LogP contribution in [0.5, 0.6) is 0 Å². The predicted molar refractivity (Wildman–Crippen MR) is 121 cm³/mol. The Kier molecular flexibility index (Phi) is 5.42. The molecule has 0 amide bonds. The predicted octanol–water partition coefficient (Wildman–Crippen LogP) is 6.45. The van der Waals surface area contributed by atoms with E-state index in [0.29, 0.717) is 23.0 Å². The molecule has 0 spiro atoms. The van der Waals surface area contributed by atoms with E-state index < -0.39 is 0 Å². The molecule has 29 heavy (non-hydrogen) atoms. The number of hydrogen-bond acceptors (Lipinski definition) is 2. The van der Waals surface area contributed by atoms with Gasteiger partial charge in [0.25, 0.3) is 0 Å². The van der Waals surface area contributed by atoms with E-state index in [1.807, 2.05) is 6.08 Å². The Morgan fingerprint density at radius 2 is 1.93 bits per heavy atom. The largest absolute Gasteiger partial charge is 0.326 e. The summed E-state index contributed by atoms with van der Waals surface area (Å²) in [6, 6.07) is 0. The fourth-order valence-electron chi connectivity index (χ4n) is 8.10. The molecule has 7 atom stereocenters. The van der Waals surface area contributed by atoms with Gasteiger partial charge in [0.05, 0.1) is 0 Å². The van der Waals surface area contributed by atoms with Gasteiger partial charge in [0, 0.05) is 11.5 Å². The molecule has 0 saturated heterocycles. The standard InChI is InChI=1S/C27H43NO/c1-18(9-8-14-25(2,3)28)20-11-12-21-24-22(13-16-27(20,21)5)26(4)15-7-6-10-19(26)17-23(24)29/h6,10,17-18,20-22,24H,7-9,11-16,28H2,1-5H3/t18-,20-,21+,22+,24+,26+,27-/m1/s1. The maximum Gasteiger partial charge on any atom is 0.159 e. The number of hydrogen-bond donors (Lipinski definition) is 1. The van der Waals surface area contributed by atoms with Crippen LogP contribution in [0.25, 0.3) is 0 Å². The molecular weight excluding hydrogens is 354 g/mol. The Labute approximate surface area is 178 Å². The number of carbonyl (C=O) groups excluding carboxylic acids is 1. The summed E-state index contributed by atoms with van der Waals surface area (Å²) in [6.07, 6.45) is 17.7. The summed E-state index contributed by atoms with van der Waals surface area (Å²) in [4.78, 5) is 13.3. The zero-order valence-corrected chi connectivity index (χ0v) is 19.5. The molecule has 162 valence electrons. The van der Waals surface area contributed by atoms with Crippen LogP contribution in [0.15, 0.2) is 23.8 Å². The summed E-state index contributed by atoms with van der Waals surface area (Å²) < 4.78 is 0. The van der Waals surface area contributed by atoms with Crippen molar-refractivity contribution in [1.82, 2.24) is 0 Å².